The molecule has 0 atom stereocenters. The SMILES string of the molecule is CC(=O)Nc1ccc(Cl)c(CN(CCCN)C(=O)c2cccc(F)c2)c1. The number of hydrogen-bond donors (Lipinski definition) is 2. The second-order valence-corrected chi connectivity index (χ2v) is 6.27. The van der Waals surface area contributed by atoms with Gasteiger partial charge in [0.15, 0.2) is 0 Å². The summed E-state index contributed by atoms with van der Waals surface area (Å²) in [5.74, 6) is -0.978. The fraction of sp³-hybridized carbons (Fsp3) is 0.263. The van der Waals surface area contributed by atoms with E-state index in [-0.39, 0.29) is 23.9 Å². The number of nitrogens with one attached hydrogen (secondary N) is 1. The standard InChI is InChI=1S/C19H21ClFN3O2/c1-13(25)23-17-6-7-18(20)15(11-17)12-24(9-3-8-22)19(26)14-4-2-5-16(21)10-14/h2,4-7,10-11H,3,8-9,12,22H2,1H3,(H,23,25). The number of halogens is 2. The second-order valence-electron chi connectivity index (χ2n) is 5.87. The van der Waals surface area contributed by atoms with E-state index in [1.54, 1.807) is 29.2 Å². The van der Waals surface area contributed by atoms with E-state index < -0.39 is 5.82 Å². The highest BCUT2D eigenvalue weighted by atomic mass is 35.5. The zero-order valence-electron chi connectivity index (χ0n) is 14.5. The lowest BCUT2D eigenvalue weighted by atomic mass is 10.1. The number of hydrogen-bond acceptors (Lipinski definition) is 3. The average Bonchev–Trinajstić information content (AvgIpc) is 2.60. The second kappa shape index (κ2) is 9.31. The van der Waals surface area contributed by atoms with Crippen molar-refractivity contribution in [2.45, 2.75) is 19.9 Å². The summed E-state index contributed by atoms with van der Waals surface area (Å²) < 4.78 is 13.5. The third-order valence-electron chi connectivity index (χ3n) is 3.72. The molecule has 3 N–H and O–H groups in total. The van der Waals surface area contributed by atoms with Crippen molar-refractivity contribution in [2.75, 3.05) is 18.4 Å². The first kappa shape index (κ1) is 19.9. The molecule has 0 saturated heterocycles. The molecule has 0 bridgehead atoms. The van der Waals surface area contributed by atoms with Gasteiger partial charge in [-0.1, -0.05) is 17.7 Å². The van der Waals surface area contributed by atoms with Crippen molar-refractivity contribution < 1.29 is 14.0 Å². The lowest BCUT2D eigenvalue weighted by molar-refractivity contribution is -0.114. The van der Waals surface area contributed by atoms with Gasteiger partial charge in [0.2, 0.25) is 5.91 Å². The molecule has 0 saturated carbocycles. The van der Waals surface area contributed by atoms with Crippen LogP contribution in [0.2, 0.25) is 5.02 Å². The van der Waals surface area contributed by atoms with E-state index in [0.29, 0.717) is 35.8 Å². The molecule has 0 fully saturated rings. The first-order valence-corrected chi connectivity index (χ1v) is 8.59. The lowest BCUT2D eigenvalue weighted by Crippen LogP contribution is -2.32. The summed E-state index contributed by atoms with van der Waals surface area (Å²) in [6.45, 7) is 2.47. The molecule has 138 valence electrons. The highest BCUT2D eigenvalue weighted by Gasteiger charge is 2.18. The number of nitrogens with zero attached hydrogens (tertiary/aromatic N) is 1. The van der Waals surface area contributed by atoms with Gasteiger partial charge in [0.05, 0.1) is 0 Å². The fourth-order valence-corrected chi connectivity index (χ4v) is 2.70. The molecule has 0 heterocycles. The number of amides is 2. The van der Waals surface area contributed by atoms with Crippen LogP contribution >= 0.6 is 11.6 Å². The molecule has 2 rings (SSSR count). The molecule has 26 heavy (non-hydrogen) atoms. The molecule has 7 heteroatoms. The Labute approximate surface area is 156 Å². The number of anilines is 1. The smallest absolute Gasteiger partial charge is 0.254 e. The highest BCUT2D eigenvalue weighted by molar-refractivity contribution is 6.31. The van der Waals surface area contributed by atoms with E-state index in [1.165, 1.54) is 25.1 Å². The van der Waals surface area contributed by atoms with Crippen molar-refractivity contribution in [1.29, 1.82) is 0 Å². The molecule has 2 aromatic carbocycles. The van der Waals surface area contributed by atoms with Gasteiger partial charge in [-0.3, -0.25) is 9.59 Å². The van der Waals surface area contributed by atoms with Crippen molar-refractivity contribution in [1.82, 2.24) is 4.90 Å². The van der Waals surface area contributed by atoms with Gasteiger partial charge in [-0.2, -0.15) is 0 Å². The van der Waals surface area contributed by atoms with E-state index in [1.807, 2.05) is 0 Å². The lowest BCUT2D eigenvalue weighted by Gasteiger charge is -2.24. The van der Waals surface area contributed by atoms with Crippen LogP contribution in [0.15, 0.2) is 42.5 Å². The Morgan fingerprint density at radius 1 is 1.23 bits per heavy atom. The summed E-state index contributed by atoms with van der Waals surface area (Å²) in [4.78, 5) is 25.6. The molecule has 2 amide bonds. The maximum Gasteiger partial charge on any atom is 0.254 e. The highest BCUT2D eigenvalue weighted by Crippen LogP contribution is 2.23. The molecule has 0 unspecified atom stereocenters. The van der Waals surface area contributed by atoms with Crippen LogP contribution in [0.5, 0.6) is 0 Å². The molecule has 0 radical (unpaired) electrons. The van der Waals surface area contributed by atoms with E-state index in [2.05, 4.69) is 5.32 Å². The van der Waals surface area contributed by atoms with Crippen LogP contribution < -0.4 is 11.1 Å². The maximum atomic E-state index is 13.5. The Kier molecular flexibility index (Phi) is 7.12. The van der Waals surface area contributed by atoms with Crippen LogP contribution in [0.1, 0.15) is 29.3 Å². The molecule has 0 spiro atoms. The summed E-state index contributed by atoms with van der Waals surface area (Å²) in [5.41, 5.74) is 7.10. The Bertz CT molecular complexity index is 798. The Morgan fingerprint density at radius 2 is 2.00 bits per heavy atom. The van der Waals surface area contributed by atoms with Gasteiger partial charge in [0.1, 0.15) is 5.82 Å². The van der Waals surface area contributed by atoms with Crippen LogP contribution in [0, 0.1) is 5.82 Å². The van der Waals surface area contributed by atoms with E-state index in [4.69, 9.17) is 17.3 Å². The van der Waals surface area contributed by atoms with Gasteiger partial charge in [0, 0.05) is 36.3 Å². The molecule has 5 nitrogen and oxygen atoms in total. The monoisotopic (exact) mass is 377 g/mol. The fourth-order valence-electron chi connectivity index (χ4n) is 2.52. The summed E-state index contributed by atoms with van der Waals surface area (Å²) in [6.07, 6.45) is 0.601. The quantitative estimate of drug-likeness (QED) is 0.776. The minimum absolute atomic E-state index is 0.200. The number of carbonyl (C=O) groups is 2. The third-order valence-corrected chi connectivity index (χ3v) is 4.09. The van der Waals surface area contributed by atoms with Crippen molar-refractivity contribution >= 4 is 29.1 Å². The Morgan fingerprint density at radius 3 is 2.65 bits per heavy atom. The third kappa shape index (κ3) is 5.54. The van der Waals surface area contributed by atoms with Crippen LogP contribution in [-0.4, -0.2) is 29.8 Å². The van der Waals surface area contributed by atoms with Crippen molar-refractivity contribution in [2.24, 2.45) is 5.73 Å². The Hall–Kier alpha value is -2.44. The predicted octanol–water partition coefficient (Wildman–Crippen LogP) is 3.43. The van der Waals surface area contributed by atoms with Crippen molar-refractivity contribution in [3.05, 3.63) is 64.4 Å². The number of benzene rings is 2. The van der Waals surface area contributed by atoms with Crippen LogP contribution in [0.4, 0.5) is 10.1 Å². The molecule has 2 aromatic rings. The number of carbonyl (C=O) groups excluding carboxylic acids is 2. The topological polar surface area (TPSA) is 75.4 Å². The predicted molar refractivity (Wildman–Crippen MR) is 101 cm³/mol. The minimum atomic E-state index is -0.472. The zero-order valence-corrected chi connectivity index (χ0v) is 15.2. The van der Waals surface area contributed by atoms with Gasteiger partial charge >= 0.3 is 0 Å². The first-order valence-electron chi connectivity index (χ1n) is 8.21. The minimum Gasteiger partial charge on any atom is -0.334 e. The molecule has 0 aliphatic heterocycles. The summed E-state index contributed by atoms with van der Waals surface area (Å²) in [7, 11) is 0. The zero-order chi connectivity index (χ0) is 19.1. The largest absolute Gasteiger partial charge is 0.334 e. The Balaban J connectivity index is 2.27. The average molecular weight is 378 g/mol. The van der Waals surface area contributed by atoms with Gasteiger partial charge in [-0.05, 0) is 54.9 Å². The van der Waals surface area contributed by atoms with E-state index in [9.17, 15) is 14.0 Å². The van der Waals surface area contributed by atoms with Gasteiger partial charge in [-0.15, -0.1) is 0 Å². The summed E-state index contributed by atoms with van der Waals surface area (Å²) in [5, 5.41) is 3.16. The number of nitrogens with two attached hydrogens (primary N) is 1. The van der Waals surface area contributed by atoms with Crippen LogP contribution in [-0.2, 0) is 11.3 Å². The van der Waals surface area contributed by atoms with E-state index >= 15 is 0 Å². The first-order chi connectivity index (χ1) is 12.4. The van der Waals surface area contributed by atoms with Gasteiger partial charge in [0.25, 0.3) is 5.91 Å². The van der Waals surface area contributed by atoms with Crippen LogP contribution in [0.3, 0.4) is 0 Å². The van der Waals surface area contributed by atoms with Crippen molar-refractivity contribution in [3.63, 3.8) is 0 Å². The number of rotatable bonds is 7. The van der Waals surface area contributed by atoms with Gasteiger partial charge < -0.3 is 16.0 Å². The molecular weight excluding hydrogens is 357 g/mol. The maximum absolute atomic E-state index is 13.5. The molecule has 0 aliphatic carbocycles. The normalized spacial score (nSPS) is 10.5. The molecule has 0 aliphatic rings. The van der Waals surface area contributed by atoms with Gasteiger partial charge in [-0.25, -0.2) is 4.39 Å². The molecular formula is C19H21ClFN3O2. The summed E-state index contributed by atoms with van der Waals surface area (Å²) in [6, 6.07) is 10.6. The summed E-state index contributed by atoms with van der Waals surface area (Å²) >= 11 is 6.25. The van der Waals surface area contributed by atoms with Crippen LogP contribution in [0.25, 0.3) is 0 Å². The molecule has 0 aromatic heterocycles. The van der Waals surface area contributed by atoms with E-state index in [0.717, 1.165) is 0 Å². The van der Waals surface area contributed by atoms with Crippen molar-refractivity contribution in [3.8, 4) is 0 Å².